The molecule has 3 heteroatoms. The van der Waals surface area contributed by atoms with E-state index in [1.54, 1.807) is 0 Å². The fourth-order valence-electron chi connectivity index (χ4n) is 4.01. The van der Waals surface area contributed by atoms with Crippen molar-refractivity contribution in [2.24, 2.45) is 5.92 Å². The Labute approximate surface area is 142 Å². The molecular formula is C21H21NO2. The molecule has 1 N–H and O–H groups in total. The minimum Gasteiger partial charge on any atom is -0.465 e. The average Bonchev–Trinajstić information content (AvgIpc) is 3.10. The summed E-state index contributed by atoms with van der Waals surface area (Å²) >= 11 is 0. The van der Waals surface area contributed by atoms with Crippen LogP contribution in [0.4, 0.5) is 5.69 Å². The van der Waals surface area contributed by atoms with Crippen LogP contribution in [0.25, 0.3) is 0 Å². The standard InChI is InChI=1S/C21H21NO2/c1-13-9-11-14(12-10-13)19-16-6-3-5-15(16)17-7-4-8-18(20(17)22-19)21(23)24-2/h3-5,7-12,15-16,19,22H,6H2,1-2H3. The van der Waals surface area contributed by atoms with E-state index in [-0.39, 0.29) is 12.0 Å². The van der Waals surface area contributed by atoms with Crippen molar-refractivity contribution in [1.29, 1.82) is 0 Å². The molecule has 24 heavy (non-hydrogen) atoms. The van der Waals surface area contributed by atoms with Gasteiger partial charge in [-0.1, -0.05) is 54.1 Å². The van der Waals surface area contributed by atoms with Crippen molar-refractivity contribution in [3.05, 3.63) is 76.9 Å². The van der Waals surface area contributed by atoms with Crippen LogP contribution >= 0.6 is 0 Å². The Balaban J connectivity index is 1.82. The first-order valence-electron chi connectivity index (χ1n) is 8.40. The number of carbonyl (C=O) groups is 1. The molecule has 3 unspecified atom stereocenters. The highest BCUT2D eigenvalue weighted by molar-refractivity contribution is 5.97. The summed E-state index contributed by atoms with van der Waals surface area (Å²) < 4.78 is 4.97. The maximum Gasteiger partial charge on any atom is 0.339 e. The van der Waals surface area contributed by atoms with Crippen LogP contribution in [-0.4, -0.2) is 13.1 Å². The number of hydrogen-bond acceptors (Lipinski definition) is 3. The van der Waals surface area contributed by atoms with E-state index in [2.05, 4.69) is 54.7 Å². The zero-order valence-corrected chi connectivity index (χ0v) is 14.0. The molecule has 0 bridgehead atoms. The lowest BCUT2D eigenvalue weighted by atomic mass is 9.76. The largest absolute Gasteiger partial charge is 0.465 e. The number of esters is 1. The minimum atomic E-state index is -0.289. The van der Waals surface area contributed by atoms with E-state index in [4.69, 9.17) is 4.74 Å². The summed E-state index contributed by atoms with van der Waals surface area (Å²) in [5.74, 6) is 0.535. The Morgan fingerprint density at radius 2 is 1.96 bits per heavy atom. The second kappa shape index (κ2) is 5.82. The molecule has 0 saturated heterocycles. The summed E-state index contributed by atoms with van der Waals surface area (Å²) in [6.45, 7) is 2.10. The van der Waals surface area contributed by atoms with E-state index >= 15 is 0 Å². The summed E-state index contributed by atoms with van der Waals surface area (Å²) in [5, 5.41) is 3.65. The molecule has 0 aromatic heterocycles. The van der Waals surface area contributed by atoms with Crippen molar-refractivity contribution in [3.8, 4) is 0 Å². The van der Waals surface area contributed by atoms with E-state index in [1.165, 1.54) is 23.8 Å². The van der Waals surface area contributed by atoms with Crippen LogP contribution in [-0.2, 0) is 4.74 Å². The van der Waals surface area contributed by atoms with Crippen molar-refractivity contribution < 1.29 is 9.53 Å². The molecule has 0 fully saturated rings. The van der Waals surface area contributed by atoms with Crippen molar-refractivity contribution in [1.82, 2.24) is 0 Å². The van der Waals surface area contributed by atoms with Crippen LogP contribution in [0.2, 0.25) is 0 Å². The highest BCUT2D eigenvalue weighted by atomic mass is 16.5. The molecule has 3 nitrogen and oxygen atoms in total. The summed E-state index contributed by atoms with van der Waals surface area (Å²) in [7, 11) is 1.43. The summed E-state index contributed by atoms with van der Waals surface area (Å²) in [4.78, 5) is 12.2. The van der Waals surface area contributed by atoms with Gasteiger partial charge in [-0.15, -0.1) is 0 Å². The summed E-state index contributed by atoms with van der Waals surface area (Å²) in [5.41, 5.74) is 5.25. The maximum atomic E-state index is 12.2. The summed E-state index contributed by atoms with van der Waals surface area (Å²) in [6, 6.07) is 14.8. The number of para-hydroxylation sites is 1. The number of methoxy groups -OCH3 is 1. The van der Waals surface area contributed by atoms with Gasteiger partial charge in [0.15, 0.2) is 0 Å². The SMILES string of the molecule is COC(=O)c1cccc2c1NC(c1ccc(C)cc1)C1CC=CC21. The topological polar surface area (TPSA) is 38.3 Å². The van der Waals surface area contributed by atoms with Crippen molar-refractivity contribution >= 4 is 11.7 Å². The highest BCUT2D eigenvalue weighted by Crippen LogP contribution is 2.50. The van der Waals surface area contributed by atoms with E-state index in [1.807, 2.05) is 12.1 Å². The van der Waals surface area contributed by atoms with Crippen LogP contribution in [0.1, 0.15) is 45.4 Å². The number of ether oxygens (including phenoxy) is 1. The first-order chi connectivity index (χ1) is 11.7. The van der Waals surface area contributed by atoms with E-state index in [0.29, 0.717) is 17.4 Å². The van der Waals surface area contributed by atoms with Gasteiger partial charge in [-0.3, -0.25) is 0 Å². The number of fused-ring (bicyclic) bond motifs is 3. The molecule has 0 amide bonds. The molecule has 0 radical (unpaired) electrons. The third kappa shape index (κ3) is 2.32. The van der Waals surface area contributed by atoms with Crippen LogP contribution in [0.3, 0.4) is 0 Å². The number of nitrogens with one attached hydrogen (secondary N) is 1. The lowest BCUT2D eigenvalue weighted by Crippen LogP contribution is -2.30. The van der Waals surface area contributed by atoms with Crippen LogP contribution in [0, 0.1) is 12.8 Å². The molecule has 1 heterocycles. The average molecular weight is 319 g/mol. The third-order valence-electron chi connectivity index (χ3n) is 5.24. The van der Waals surface area contributed by atoms with Crippen LogP contribution < -0.4 is 5.32 Å². The number of rotatable bonds is 2. The van der Waals surface area contributed by atoms with Gasteiger partial charge in [0.05, 0.1) is 24.4 Å². The minimum absolute atomic E-state index is 0.198. The van der Waals surface area contributed by atoms with E-state index < -0.39 is 0 Å². The molecular weight excluding hydrogens is 298 g/mol. The fraction of sp³-hybridized carbons (Fsp3) is 0.286. The molecule has 1 aliphatic heterocycles. The molecule has 2 aromatic rings. The van der Waals surface area contributed by atoms with Crippen molar-refractivity contribution in [2.45, 2.75) is 25.3 Å². The molecule has 2 aromatic carbocycles. The third-order valence-corrected chi connectivity index (χ3v) is 5.24. The monoisotopic (exact) mass is 319 g/mol. The Bertz CT molecular complexity index is 807. The van der Waals surface area contributed by atoms with Gasteiger partial charge in [-0.2, -0.15) is 0 Å². The quantitative estimate of drug-likeness (QED) is 0.649. The van der Waals surface area contributed by atoms with Gasteiger partial charge in [0, 0.05) is 5.92 Å². The Morgan fingerprint density at radius 3 is 2.71 bits per heavy atom. The first-order valence-corrected chi connectivity index (χ1v) is 8.40. The Kier molecular flexibility index (Phi) is 3.64. The normalized spacial score (nSPS) is 24.0. The van der Waals surface area contributed by atoms with Crippen molar-refractivity contribution in [2.75, 3.05) is 12.4 Å². The number of carbonyl (C=O) groups excluding carboxylic acids is 1. The molecule has 0 spiro atoms. The van der Waals surface area contributed by atoms with Gasteiger partial charge in [-0.25, -0.2) is 4.79 Å². The Hall–Kier alpha value is -2.55. The predicted octanol–water partition coefficient (Wildman–Crippen LogP) is 4.61. The molecule has 2 aliphatic rings. The Morgan fingerprint density at radius 1 is 1.17 bits per heavy atom. The second-order valence-corrected chi connectivity index (χ2v) is 6.65. The number of benzene rings is 2. The van der Waals surface area contributed by atoms with Gasteiger partial charge in [0.2, 0.25) is 0 Å². The van der Waals surface area contributed by atoms with Crippen molar-refractivity contribution in [3.63, 3.8) is 0 Å². The zero-order valence-electron chi connectivity index (χ0n) is 14.0. The lowest BCUT2D eigenvalue weighted by molar-refractivity contribution is 0.0601. The smallest absolute Gasteiger partial charge is 0.339 e. The zero-order chi connectivity index (χ0) is 16.7. The number of anilines is 1. The maximum absolute atomic E-state index is 12.2. The van der Waals surface area contributed by atoms with Gasteiger partial charge in [0.1, 0.15) is 0 Å². The molecule has 122 valence electrons. The molecule has 4 rings (SSSR count). The van der Waals surface area contributed by atoms with Gasteiger partial charge in [0.25, 0.3) is 0 Å². The molecule has 0 saturated carbocycles. The number of allylic oxidation sites excluding steroid dienone is 2. The predicted molar refractivity (Wildman–Crippen MR) is 95.3 cm³/mol. The molecule has 1 aliphatic carbocycles. The van der Waals surface area contributed by atoms with Gasteiger partial charge < -0.3 is 10.1 Å². The second-order valence-electron chi connectivity index (χ2n) is 6.65. The highest BCUT2D eigenvalue weighted by Gasteiger charge is 2.39. The molecule has 3 atom stereocenters. The lowest BCUT2D eigenvalue weighted by Gasteiger charge is -2.38. The van der Waals surface area contributed by atoms with E-state index in [9.17, 15) is 4.79 Å². The number of aryl methyl sites for hydroxylation is 1. The van der Waals surface area contributed by atoms with Gasteiger partial charge >= 0.3 is 5.97 Å². The van der Waals surface area contributed by atoms with E-state index in [0.717, 1.165) is 12.1 Å². The first kappa shape index (κ1) is 15.0. The van der Waals surface area contributed by atoms with Crippen LogP contribution in [0.5, 0.6) is 0 Å². The van der Waals surface area contributed by atoms with Gasteiger partial charge in [-0.05, 0) is 36.5 Å². The fourth-order valence-corrected chi connectivity index (χ4v) is 4.01. The summed E-state index contributed by atoms with van der Waals surface area (Å²) in [6.07, 6.45) is 5.60. The van der Waals surface area contributed by atoms with Crippen LogP contribution in [0.15, 0.2) is 54.6 Å². The number of hydrogen-bond donors (Lipinski definition) is 1.